The summed E-state index contributed by atoms with van der Waals surface area (Å²) in [4.78, 5) is 11.9. The van der Waals surface area contributed by atoms with E-state index in [1.807, 2.05) is 6.41 Å². The SMILES string of the molecule is CCCN([C]=O)CC(C)C. The van der Waals surface area contributed by atoms with Crippen LogP contribution >= 0.6 is 0 Å². The summed E-state index contributed by atoms with van der Waals surface area (Å²) in [6.45, 7) is 7.92. The van der Waals surface area contributed by atoms with Crippen LogP contribution in [0.4, 0.5) is 0 Å². The monoisotopic (exact) mass is 142 g/mol. The Morgan fingerprint density at radius 1 is 1.50 bits per heavy atom. The third-order valence-electron chi connectivity index (χ3n) is 1.21. The molecule has 0 aliphatic heterocycles. The number of carbonyl (C=O) groups excluding carboxylic acids is 1. The van der Waals surface area contributed by atoms with E-state index in [2.05, 4.69) is 20.8 Å². The zero-order valence-electron chi connectivity index (χ0n) is 7.05. The Morgan fingerprint density at radius 2 is 2.10 bits per heavy atom. The van der Waals surface area contributed by atoms with Gasteiger partial charge in [-0.05, 0) is 12.3 Å². The van der Waals surface area contributed by atoms with Crippen molar-refractivity contribution >= 4 is 6.41 Å². The topological polar surface area (TPSA) is 20.3 Å². The van der Waals surface area contributed by atoms with Gasteiger partial charge in [-0.1, -0.05) is 20.8 Å². The Morgan fingerprint density at radius 3 is 2.40 bits per heavy atom. The quantitative estimate of drug-likeness (QED) is 0.532. The smallest absolute Gasteiger partial charge is 0.312 e. The zero-order valence-corrected chi connectivity index (χ0v) is 7.05. The Bertz CT molecular complexity index is 91.3. The van der Waals surface area contributed by atoms with E-state index in [9.17, 15) is 4.79 Å². The molecular formula is C8H16NO. The van der Waals surface area contributed by atoms with Crippen LogP contribution in [0.25, 0.3) is 0 Å². The lowest BCUT2D eigenvalue weighted by Gasteiger charge is -2.16. The fourth-order valence-electron chi connectivity index (χ4n) is 0.885. The maximum Gasteiger partial charge on any atom is 0.312 e. The molecule has 0 spiro atoms. The summed E-state index contributed by atoms with van der Waals surface area (Å²) in [6.07, 6.45) is 2.93. The lowest BCUT2D eigenvalue weighted by atomic mass is 10.2. The largest absolute Gasteiger partial charge is 0.334 e. The van der Waals surface area contributed by atoms with Crippen molar-refractivity contribution in [1.29, 1.82) is 0 Å². The molecule has 0 N–H and O–H groups in total. The van der Waals surface area contributed by atoms with Crippen molar-refractivity contribution in [1.82, 2.24) is 4.90 Å². The van der Waals surface area contributed by atoms with Gasteiger partial charge in [-0.2, -0.15) is 0 Å². The molecule has 0 atom stereocenters. The fourth-order valence-corrected chi connectivity index (χ4v) is 0.885. The molecule has 1 amide bonds. The lowest BCUT2D eigenvalue weighted by Crippen LogP contribution is -2.26. The first kappa shape index (κ1) is 9.47. The van der Waals surface area contributed by atoms with Crippen molar-refractivity contribution in [2.75, 3.05) is 13.1 Å². The van der Waals surface area contributed by atoms with Gasteiger partial charge in [0, 0.05) is 13.1 Å². The summed E-state index contributed by atoms with van der Waals surface area (Å²) in [5.41, 5.74) is 0. The summed E-state index contributed by atoms with van der Waals surface area (Å²) >= 11 is 0. The number of nitrogens with zero attached hydrogens (tertiary/aromatic N) is 1. The first-order chi connectivity index (χ1) is 4.70. The molecule has 2 nitrogen and oxygen atoms in total. The van der Waals surface area contributed by atoms with Crippen molar-refractivity contribution in [3.8, 4) is 0 Å². The average Bonchev–Trinajstić information content (AvgIpc) is 1.86. The van der Waals surface area contributed by atoms with Gasteiger partial charge < -0.3 is 4.90 Å². The summed E-state index contributed by atoms with van der Waals surface area (Å²) in [5.74, 6) is 0.549. The first-order valence-corrected chi connectivity index (χ1v) is 3.83. The second-order valence-electron chi connectivity index (χ2n) is 2.93. The Labute approximate surface area is 63.2 Å². The molecule has 0 heterocycles. The molecule has 0 unspecified atom stereocenters. The summed E-state index contributed by atoms with van der Waals surface area (Å²) in [6, 6.07) is 0. The predicted octanol–water partition coefficient (Wildman–Crippen LogP) is 1.42. The number of amides is 1. The molecule has 0 aliphatic carbocycles. The molecule has 0 bridgehead atoms. The molecular weight excluding hydrogens is 126 g/mol. The highest BCUT2D eigenvalue weighted by Crippen LogP contribution is 1.96. The molecule has 0 aromatic rings. The number of hydrogen-bond donors (Lipinski definition) is 0. The van der Waals surface area contributed by atoms with E-state index >= 15 is 0 Å². The highest BCUT2D eigenvalue weighted by Gasteiger charge is 2.02. The van der Waals surface area contributed by atoms with Crippen molar-refractivity contribution in [2.45, 2.75) is 27.2 Å². The molecule has 2 heteroatoms. The minimum Gasteiger partial charge on any atom is -0.334 e. The highest BCUT2D eigenvalue weighted by atomic mass is 16.1. The van der Waals surface area contributed by atoms with E-state index in [4.69, 9.17) is 0 Å². The maximum absolute atomic E-state index is 10.2. The van der Waals surface area contributed by atoms with Crippen molar-refractivity contribution in [3.63, 3.8) is 0 Å². The van der Waals surface area contributed by atoms with Gasteiger partial charge in [0.05, 0.1) is 0 Å². The first-order valence-electron chi connectivity index (χ1n) is 3.83. The van der Waals surface area contributed by atoms with Crippen molar-refractivity contribution in [2.24, 2.45) is 5.92 Å². The van der Waals surface area contributed by atoms with Crippen molar-refractivity contribution in [3.05, 3.63) is 0 Å². The molecule has 0 rings (SSSR count). The van der Waals surface area contributed by atoms with Crippen LogP contribution in [0, 0.1) is 5.92 Å². The molecule has 0 aromatic carbocycles. The molecule has 0 saturated heterocycles. The Hall–Kier alpha value is -0.530. The maximum atomic E-state index is 10.2. The van der Waals surface area contributed by atoms with E-state index in [-0.39, 0.29) is 0 Å². The van der Waals surface area contributed by atoms with Crippen LogP contribution in [0.3, 0.4) is 0 Å². The van der Waals surface area contributed by atoms with Gasteiger partial charge in [-0.25, -0.2) is 0 Å². The summed E-state index contributed by atoms with van der Waals surface area (Å²) in [7, 11) is 0. The second kappa shape index (κ2) is 5.27. The van der Waals surface area contributed by atoms with Crippen LogP contribution in [-0.2, 0) is 4.79 Å². The van der Waals surface area contributed by atoms with E-state index in [1.54, 1.807) is 4.90 Å². The molecule has 0 fully saturated rings. The average molecular weight is 142 g/mol. The van der Waals surface area contributed by atoms with Gasteiger partial charge in [0.1, 0.15) is 0 Å². The minimum absolute atomic E-state index is 0.549. The molecule has 1 radical (unpaired) electrons. The van der Waals surface area contributed by atoms with Gasteiger partial charge in [0.15, 0.2) is 0 Å². The predicted molar refractivity (Wildman–Crippen MR) is 42.4 cm³/mol. The van der Waals surface area contributed by atoms with Gasteiger partial charge in [0.25, 0.3) is 0 Å². The molecule has 10 heavy (non-hydrogen) atoms. The Kier molecular flexibility index (Phi) is 4.99. The molecule has 59 valence electrons. The van der Waals surface area contributed by atoms with Crippen LogP contribution < -0.4 is 0 Å². The Balaban J connectivity index is 3.49. The normalized spacial score (nSPS) is 10.0. The zero-order chi connectivity index (χ0) is 7.98. The van der Waals surface area contributed by atoms with E-state index < -0.39 is 0 Å². The second-order valence-corrected chi connectivity index (χ2v) is 2.93. The van der Waals surface area contributed by atoms with Crippen LogP contribution in [-0.4, -0.2) is 24.4 Å². The third kappa shape index (κ3) is 4.36. The van der Waals surface area contributed by atoms with Gasteiger partial charge in [0.2, 0.25) is 0 Å². The summed E-state index contributed by atoms with van der Waals surface area (Å²) < 4.78 is 0. The van der Waals surface area contributed by atoms with Gasteiger partial charge >= 0.3 is 6.41 Å². The van der Waals surface area contributed by atoms with Gasteiger partial charge in [-0.15, -0.1) is 0 Å². The van der Waals surface area contributed by atoms with E-state index in [0.717, 1.165) is 19.5 Å². The lowest BCUT2D eigenvalue weighted by molar-refractivity contribution is 0.340. The third-order valence-corrected chi connectivity index (χ3v) is 1.21. The molecule has 0 saturated carbocycles. The number of hydrogen-bond acceptors (Lipinski definition) is 1. The van der Waals surface area contributed by atoms with Crippen LogP contribution in [0.1, 0.15) is 27.2 Å². The number of rotatable bonds is 5. The molecule has 0 aliphatic rings. The fraction of sp³-hybridized carbons (Fsp3) is 0.875. The molecule has 0 aromatic heterocycles. The highest BCUT2D eigenvalue weighted by molar-refractivity contribution is 5.47. The van der Waals surface area contributed by atoms with Gasteiger partial charge in [-0.3, -0.25) is 4.79 Å². The van der Waals surface area contributed by atoms with Crippen LogP contribution in [0.5, 0.6) is 0 Å². The van der Waals surface area contributed by atoms with Crippen molar-refractivity contribution < 1.29 is 4.79 Å². The van der Waals surface area contributed by atoms with E-state index in [0.29, 0.717) is 5.92 Å². The minimum atomic E-state index is 0.549. The van der Waals surface area contributed by atoms with E-state index in [1.165, 1.54) is 0 Å². The van der Waals surface area contributed by atoms with Crippen LogP contribution in [0.2, 0.25) is 0 Å². The summed E-state index contributed by atoms with van der Waals surface area (Å²) in [5, 5.41) is 0. The van der Waals surface area contributed by atoms with Crippen LogP contribution in [0.15, 0.2) is 0 Å². The standard InChI is InChI=1S/C8H16NO/c1-4-5-9(7-10)6-8(2)3/h8H,4-6H2,1-3H3.